The molecule has 11 heteroatoms. The molecule has 1 saturated heterocycles. The Labute approximate surface area is 245 Å². The van der Waals surface area contributed by atoms with E-state index in [2.05, 4.69) is 10.3 Å². The van der Waals surface area contributed by atoms with Crippen LogP contribution in [0.15, 0.2) is 72.9 Å². The van der Waals surface area contributed by atoms with Crippen LogP contribution in [0.5, 0.6) is 17.2 Å². The normalized spacial score (nSPS) is 17.9. The Kier molecular flexibility index (Phi) is 7.33. The van der Waals surface area contributed by atoms with Gasteiger partial charge < -0.3 is 19.5 Å². The van der Waals surface area contributed by atoms with Gasteiger partial charge in [0.05, 0.1) is 17.7 Å². The number of benzene rings is 3. The maximum Gasteiger partial charge on any atom is 0.418 e. The van der Waals surface area contributed by atoms with E-state index in [4.69, 9.17) is 14.2 Å². The van der Waals surface area contributed by atoms with E-state index in [0.29, 0.717) is 47.6 Å². The first-order valence-corrected chi connectivity index (χ1v) is 13.8. The van der Waals surface area contributed by atoms with E-state index >= 15 is 0 Å². The zero-order valence-corrected chi connectivity index (χ0v) is 23.2. The number of nitrogens with zero attached hydrogens (tertiary/aromatic N) is 2. The lowest BCUT2D eigenvalue weighted by atomic mass is 9.91. The number of imide groups is 1. The molecule has 1 unspecified atom stereocenters. The van der Waals surface area contributed by atoms with Crippen LogP contribution in [0, 0.1) is 0 Å². The summed E-state index contributed by atoms with van der Waals surface area (Å²) in [5.74, 6) is 1.03. The number of para-hydroxylation sites is 1. The first kappa shape index (κ1) is 28.3. The number of rotatable bonds is 9. The second-order valence-electron chi connectivity index (χ2n) is 10.6. The molecule has 0 radical (unpaired) electrons. The monoisotopic (exact) mass is 591 g/mol. The van der Waals surface area contributed by atoms with Crippen LogP contribution in [0.2, 0.25) is 0 Å². The van der Waals surface area contributed by atoms with Crippen LogP contribution < -0.4 is 19.5 Å². The quantitative estimate of drug-likeness (QED) is 0.184. The van der Waals surface area contributed by atoms with Crippen molar-refractivity contribution < 1.29 is 37.0 Å². The molecule has 1 aromatic heterocycles. The maximum atomic E-state index is 13.7. The standard InChI is InChI=1S/C32H28F3N3O5/c1-31(22-12-13-25-26(17-22)43-19-42-25)29(39)38(30(40)37-31)14-5-6-15-41-28-21(16-20-8-3-2-4-9-20)18-36-27-23(28)10-7-11-24(27)32(33,34)35/h2-4,7-13,17-18H,5-6,14-16,19H2,1H3,(H,37,40). The smallest absolute Gasteiger partial charge is 0.418 e. The van der Waals surface area contributed by atoms with Gasteiger partial charge in [-0.15, -0.1) is 0 Å². The molecule has 0 spiro atoms. The highest BCUT2D eigenvalue weighted by Crippen LogP contribution is 2.39. The maximum absolute atomic E-state index is 13.7. The highest BCUT2D eigenvalue weighted by atomic mass is 19.4. The van der Waals surface area contributed by atoms with Crippen molar-refractivity contribution in [3.63, 3.8) is 0 Å². The summed E-state index contributed by atoms with van der Waals surface area (Å²) in [6.07, 6.45) is -1.82. The number of carbonyl (C=O) groups excluding carboxylic acids is 2. The highest BCUT2D eigenvalue weighted by molar-refractivity contribution is 6.07. The Hall–Kier alpha value is -4.80. The summed E-state index contributed by atoms with van der Waals surface area (Å²) < 4.78 is 58.1. The molecular formula is C32H28F3N3O5. The molecule has 4 aromatic rings. The fraction of sp³-hybridized carbons (Fsp3) is 0.281. The number of fused-ring (bicyclic) bond motifs is 2. The number of aromatic nitrogens is 1. The lowest BCUT2D eigenvalue weighted by molar-refractivity contribution is -0.136. The second kappa shape index (κ2) is 11.1. The van der Waals surface area contributed by atoms with Gasteiger partial charge in [-0.25, -0.2) is 4.79 Å². The molecule has 0 saturated carbocycles. The van der Waals surface area contributed by atoms with Crippen LogP contribution in [-0.4, -0.2) is 41.8 Å². The van der Waals surface area contributed by atoms with E-state index in [1.165, 1.54) is 17.2 Å². The Morgan fingerprint density at radius 3 is 2.58 bits per heavy atom. The molecule has 3 heterocycles. The number of amides is 3. The topological polar surface area (TPSA) is 90.0 Å². The van der Waals surface area contributed by atoms with Crippen molar-refractivity contribution in [2.75, 3.05) is 19.9 Å². The van der Waals surface area contributed by atoms with Gasteiger partial charge in [0.2, 0.25) is 6.79 Å². The summed E-state index contributed by atoms with van der Waals surface area (Å²) in [5.41, 5.74) is -0.0625. The van der Waals surface area contributed by atoms with Crippen LogP contribution in [0.4, 0.5) is 18.0 Å². The third-order valence-corrected chi connectivity index (χ3v) is 7.71. The van der Waals surface area contributed by atoms with E-state index in [0.717, 1.165) is 11.6 Å². The van der Waals surface area contributed by atoms with Crippen molar-refractivity contribution in [1.82, 2.24) is 15.2 Å². The molecule has 8 nitrogen and oxygen atoms in total. The highest BCUT2D eigenvalue weighted by Gasteiger charge is 2.49. The van der Waals surface area contributed by atoms with Gasteiger partial charge in [-0.1, -0.05) is 42.5 Å². The molecule has 1 fully saturated rings. The summed E-state index contributed by atoms with van der Waals surface area (Å²) >= 11 is 0. The summed E-state index contributed by atoms with van der Waals surface area (Å²) in [6, 6.07) is 18.1. The fourth-order valence-corrected chi connectivity index (χ4v) is 5.43. The largest absolute Gasteiger partial charge is 0.493 e. The van der Waals surface area contributed by atoms with Gasteiger partial charge in [-0.05, 0) is 55.2 Å². The van der Waals surface area contributed by atoms with Crippen LogP contribution in [0.25, 0.3) is 10.9 Å². The zero-order valence-electron chi connectivity index (χ0n) is 23.2. The lowest BCUT2D eigenvalue weighted by Gasteiger charge is -2.22. The number of unbranched alkanes of at least 4 members (excludes halogenated alkanes) is 1. The summed E-state index contributed by atoms with van der Waals surface area (Å²) in [7, 11) is 0. The number of hydrogen-bond donors (Lipinski definition) is 1. The predicted octanol–water partition coefficient (Wildman–Crippen LogP) is 6.20. The van der Waals surface area contributed by atoms with Crippen molar-refractivity contribution in [2.45, 2.75) is 37.9 Å². The van der Waals surface area contributed by atoms with Crippen molar-refractivity contribution in [2.24, 2.45) is 0 Å². The molecule has 0 aliphatic carbocycles. The van der Waals surface area contributed by atoms with Crippen molar-refractivity contribution in [1.29, 1.82) is 0 Å². The third kappa shape index (κ3) is 5.42. The molecule has 6 rings (SSSR count). The van der Waals surface area contributed by atoms with Gasteiger partial charge in [0.1, 0.15) is 11.3 Å². The Morgan fingerprint density at radius 2 is 1.79 bits per heavy atom. The van der Waals surface area contributed by atoms with Gasteiger partial charge >= 0.3 is 12.2 Å². The van der Waals surface area contributed by atoms with Crippen LogP contribution >= 0.6 is 0 Å². The zero-order chi connectivity index (χ0) is 30.2. The number of halogens is 3. The van der Waals surface area contributed by atoms with Crippen molar-refractivity contribution in [3.8, 4) is 17.2 Å². The minimum absolute atomic E-state index is 0.0938. The van der Waals surface area contributed by atoms with E-state index in [1.807, 2.05) is 30.3 Å². The van der Waals surface area contributed by atoms with Crippen molar-refractivity contribution >= 4 is 22.8 Å². The van der Waals surface area contributed by atoms with Crippen LogP contribution in [0.1, 0.15) is 42.0 Å². The summed E-state index contributed by atoms with van der Waals surface area (Å²) in [4.78, 5) is 31.5. The Morgan fingerprint density at radius 1 is 1.00 bits per heavy atom. The van der Waals surface area contributed by atoms with Crippen LogP contribution in [-0.2, 0) is 22.9 Å². The average molecular weight is 592 g/mol. The molecule has 0 bridgehead atoms. The molecule has 43 heavy (non-hydrogen) atoms. The predicted molar refractivity (Wildman–Crippen MR) is 151 cm³/mol. The number of hydrogen-bond acceptors (Lipinski definition) is 6. The number of alkyl halides is 3. The first-order valence-electron chi connectivity index (χ1n) is 13.8. The molecular weight excluding hydrogens is 563 g/mol. The Balaban J connectivity index is 1.15. The summed E-state index contributed by atoms with van der Waals surface area (Å²) in [5, 5.41) is 3.06. The number of pyridine rings is 1. The molecule has 3 aromatic carbocycles. The van der Waals surface area contributed by atoms with E-state index in [-0.39, 0.29) is 36.8 Å². The van der Waals surface area contributed by atoms with E-state index in [1.54, 1.807) is 31.2 Å². The molecule has 2 aliphatic rings. The number of nitrogens with one attached hydrogen (secondary N) is 1. The third-order valence-electron chi connectivity index (χ3n) is 7.71. The van der Waals surface area contributed by atoms with Gasteiger partial charge in [0.25, 0.3) is 5.91 Å². The van der Waals surface area contributed by atoms with Crippen LogP contribution in [0.3, 0.4) is 0 Å². The minimum atomic E-state index is -4.57. The minimum Gasteiger partial charge on any atom is -0.493 e. The number of urea groups is 1. The lowest BCUT2D eigenvalue weighted by Crippen LogP contribution is -2.41. The number of carbonyl (C=O) groups is 2. The summed E-state index contributed by atoms with van der Waals surface area (Å²) in [6.45, 7) is 2.06. The van der Waals surface area contributed by atoms with Gasteiger partial charge in [-0.3, -0.25) is 14.7 Å². The van der Waals surface area contributed by atoms with Gasteiger partial charge in [-0.2, -0.15) is 13.2 Å². The fourth-order valence-electron chi connectivity index (χ4n) is 5.43. The van der Waals surface area contributed by atoms with Crippen molar-refractivity contribution in [3.05, 3.63) is 95.2 Å². The van der Waals surface area contributed by atoms with E-state index < -0.39 is 23.3 Å². The van der Waals surface area contributed by atoms with E-state index in [9.17, 15) is 22.8 Å². The SMILES string of the molecule is CC1(c2ccc3c(c2)OCO3)NC(=O)N(CCCCOc2c(Cc3ccccc3)cnc3c(C(F)(F)F)cccc23)C1=O. The van der Waals surface area contributed by atoms with Gasteiger partial charge in [0.15, 0.2) is 11.5 Å². The molecule has 222 valence electrons. The molecule has 2 aliphatic heterocycles. The molecule has 1 atom stereocenters. The average Bonchev–Trinajstić information content (AvgIpc) is 3.55. The second-order valence-corrected chi connectivity index (χ2v) is 10.6. The first-order chi connectivity index (χ1) is 20.6. The van der Waals surface area contributed by atoms with Gasteiger partial charge in [0, 0.05) is 30.1 Å². The molecule has 3 amide bonds. The number of ether oxygens (including phenoxy) is 3. The molecule has 1 N–H and O–H groups in total. The Bertz CT molecular complexity index is 1700.